The first-order valence-electron chi connectivity index (χ1n) is 9.86. The molecule has 154 valence electrons. The minimum absolute atomic E-state index is 0.214. The number of esters is 1. The van der Waals surface area contributed by atoms with Crippen LogP contribution in [0.1, 0.15) is 45.4 Å². The Morgan fingerprint density at radius 2 is 1.80 bits per heavy atom. The monoisotopic (exact) mass is 408 g/mol. The number of carbonyl (C=O) groups excluding carboxylic acids is 2. The molecule has 3 aromatic rings. The van der Waals surface area contributed by atoms with Crippen molar-refractivity contribution in [2.45, 2.75) is 26.2 Å². The summed E-state index contributed by atoms with van der Waals surface area (Å²) in [5.41, 5.74) is 3.09. The van der Waals surface area contributed by atoms with Gasteiger partial charge in [0.1, 0.15) is 11.6 Å². The number of halogens is 1. The molecule has 0 spiro atoms. The fourth-order valence-electron chi connectivity index (χ4n) is 3.58. The van der Waals surface area contributed by atoms with Crippen molar-refractivity contribution in [2.24, 2.45) is 0 Å². The van der Waals surface area contributed by atoms with Gasteiger partial charge < -0.3 is 9.47 Å². The standard InChI is InChI=1S/C23H21FN2O4/c1-2-29-18-12-6-15(7-13-18)21(27)14-30-23(28)22-19-4-3-5-20(19)26(25-22)17-10-8-16(24)9-11-17/h6-13H,2-5,14H2,1H3. The van der Waals surface area contributed by atoms with Crippen LogP contribution >= 0.6 is 0 Å². The number of ketones is 1. The Morgan fingerprint density at radius 1 is 1.07 bits per heavy atom. The number of nitrogens with zero attached hydrogens (tertiary/aromatic N) is 2. The van der Waals surface area contributed by atoms with Gasteiger partial charge in [-0.05, 0) is 74.7 Å². The van der Waals surface area contributed by atoms with E-state index in [4.69, 9.17) is 9.47 Å². The summed E-state index contributed by atoms with van der Waals surface area (Å²) in [4.78, 5) is 25.0. The Hall–Kier alpha value is -3.48. The topological polar surface area (TPSA) is 70.4 Å². The molecule has 0 saturated carbocycles. The van der Waals surface area contributed by atoms with Gasteiger partial charge in [0.05, 0.1) is 12.3 Å². The minimum Gasteiger partial charge on any atom is -0.494 e. The highest BCUT2D eigenvalue weighted by molar-refractivity contribution is 5.99. The molecule has 7 heteroatoms. The van der Waals surface area contributed by atoms with E-state index in [2.05, 4.69) is 5.10 Å². The van der Waals surface area contributed by atoms with Gasteiger partial charge in [0.25, 0.3) is 0 Å². The van der Waals surface area contributed by atoms with Crippen molar-refractivity contribution in [3.05, 3.63) is 76.9 Å². The zero-order chi connectivity index (χ0) is 21.1. The SMILES string of the molecule is CCOc1ccc(C(=O)COC(=O)c2nn(-c3ccc(F)cc3)c3c2CCC3)cc1. The van der Waals surface area contributed by atoms with Crippen molar-refractivity contribution in [3.8, 4) is 11.4 Å². The van der Waals surface area contributed by atoms with Crippen LogP contribution in [0.4, 0.5) is 4.39 Å². The number of Topliss-reactive ketones (excluding diaryl/α,β-unsaturated/α-hetero) is 1. The van der Waals surface area contributed by atoms with Crippen molar-refractivity contribution in [3.63, 3.8) is 0 Å². The van der Waals surface area contributed by atoms with Gasteiger partial charge in [-0.2, -0.15) is 5.10 Å². The first kappa shape index (κ1) is 19.8. The summed E-state index contributed by atoms with van der Waals surface area (Å²) in [5, 5.41) is 4.41. The lowest BCUT2D eigenvalue weighted by molar-refractivity contribution is 0.0467. The maximum atomic E-state index is 13.2. The molecule has 0 fully saturated rings. The molecule has 0 amide bonds. The summed E-state index contributed by atoms with van der Waals surface area (Å²) < 4.78 is 25.5. The molecule has 1 aliphatic rings. The van der Waals surface area contributed by atoms with E-state index < -0.39 is 5.97 Å². The minimum atomic E-state index is -0.631. The van der Waals surface area contributed by atoms with Crippen LogP contribution in [0, 0.1) is 5.82 Å². The Balaban J connectivity index is 1.48. The van der Waals surface area contributed by atoms with Gasteiger partial charge in [-0.3, -0.25) is 4.79 Å². The Morgan fingerprint density at radius 3 is 2.50 bits per heavy atom. The Bertz CT molecular complexity index is 1070. The summed E-state index contributed by atoms with van der Waals surface area (Å²) in [5.74, 6) is -0.600. The summed E-state index contributed by atoms with van der Waals surface area (Å²) >= 11 is 0. The van der Waals surface area contributed by atoms with Crippen molar-refractivity contribution in [2.75, 3.05) is 13.2 Å². The van der Waals surface area contributed by atoms with Crippen LogP contribution in [0.3, 0.4) is 0 Å². The highest BCUT2D eigenvalue weighted by atomic mass is 19.1. The number of ether oxygens (including phenoxy) is 2. The number of benzene rings is 2. The average Bonchev–Trinajstić information content (AvgIpc) is 3.36. The molecular formula is C23H21FN2O4. The van der Waals surface area contributed by atoms with E-state index in [-0.39, 0.29) is 23.9 Å². The smallest absolute Gasteiger partial charge is 0.359 e. The number of hydrogen-bond acceptors (Lipinski definition) is 5. The van der Waals surface area contributed by atoms with Gasteiger partial charge in [0.2, 0.25) is 0 Å². The van der Waals surface area contributed by atoms with Crippen molar-refractivity contribution in [1.29, 1.82) is 0 Å². The van der Waals surface area contributed by atoms with Crippen LogP contribution in [-0.2, 0) is 17.6 Å². The van der Waals surface area contributed by atoms with E-state index in [1.54, 1.807) is 41.1 Å². The maximum Gasteiger partial charge on any atom is 0.359 e. The number of fused-ring (bicyclic) bond motifs is 1. The molecule has 30 heavy (non-hydrogen) atoms. The lowest BCUT2D eigenvalue weighted by atomic mass is 10.1. The Labute approximate surface area is 173 Å². The fraction of sp³-hybridized carbons (Fsp3) is 0.261. The fourth-order valence-corrected chi connectivity index (χ4v) is 3.58. The molecule has 1 aliphatic carbocycles. The van der Waals surface area contributed by atoms with Crippen LogP contribution < -0.4 is 4.74 Å². The van der Waals surface area contributed by atoms with Gasteiger partial charge >= 0.3 is 5.97 Å². The van der Waals surface area contributed by atoms with Gasteiger partial charge in [0, 0.05) is 16.8 Å². The third-order valence-electron chi connectivity index (χ3n) is 5.02. The largest absolute Gasteiger partial charge is 0.494 e. The zero-order valence-electron chi connectivity index (χ0n) is 16.6. The summed E-state index contributed by atoms with van der Waals surface area (Å²) in [6.45, 7) is 2.05. The number of hydrogen-bond donors (Lipinski definition) is 0. The van der Waals surface area contributed by atoms with Crippen LogP contribution in [-0.4, -0.2) is 34.7 Å². The van der Waals surface area contributed by atoms with E-state index in [9.17, 15) is 14.0 Å². The molecule has 0 N–H and O–H groups in total. The van der Waals surface area contributed by atoms with Crippen molar-refractivity contribution >= 4 is 11.8 Å². The summed E-state index contributed by atoms with van der Waals surface area (Å²) in [7, 11) is 0. The van der Waals surface area contributed by atoms with E-state index in [1.165, 1.54) is 12.1 Å². The van der Waals surface area contributed by atoms with E-state index in [0.717, 1.165) is 24.1 Å². The van der Waals surface area contributed by atoms with E-state index in [1.807, 2.05) is 6.92 Å². The summed E-state index contributed by atoms with van der Waals surface area (Å²) in [6, 6.07) is 12.6. The van der Waals surface area contributed by atoms with Crippen molar-refractivity contribution in [1.82, 2.24) is 9.78 Å². The lowest BCUT2D eigenvalue weighted by Gasteiger charge is -2.06. The molecule has 1 aromatic heterocycles. The van der Waals surface area contributed by atoms with Gasteiger partial charge in [-0.25, -0.2) is 13.9 Å². The molecule has 4 rings (SSSR count). The second-order valence-electron chi connectivity index (χ2n) is 6.97. The Kier molecular flexibility index (Phi) is 5.61. The number of carbonyl (C=O) groups is 2. The maximum absolute atomic E-state index is 13.2. The summed E-state index contributed by atoms with van der Waals surface area (Å²) in [6.07, 6.45) is 2.39. The molecule has 0 atom stereocenters. The predicted molar refractivity (Wildman–Crippen MR) is 108 cm³/mol. The number of aromatic nitrogens is 2. The molecule has 0 aliphatic heterocycles. The molecule has 0 saturated heterocycles. The molecule has 0 unspecified atom stereocenters. The van der Waals surface area contributed by atoms with Crippen molar-refractivity contribution < 1.29 is 23.5 Å². The first-order chi connectivity index (χ1) is 14.6. The predicted octanol–water partition coefficient (Wildman–Crippen LogP) is 3.94. The number of rotatable bonds is 7. The molecule has 0 bridgehead atoms. The van der Waals surface area contributed by atoms with Gasteiger partial charge in [-0.15, -0.1) is 0 Å². The van der Waals surface area contributed by atoms with Crippen LogP contribution in [0.5, 0.6) is 5.75 Å². The molecule has 6 nitrogen and oxygen atoms in total. The molecular weight excluding hydrogens is 387 g/mol. The van der Waals surface area contributed by atoms with E-state index >= 15 is 0 Å². The average molecular weight is 408 g/mol. The molecule has 1 heterocycles. The lowest BCUT2D eigenvalue weighted by Crippen LogP contribution is -2.16. The zero-order valence-corrected chi connectivity index (χ0v) is 16.6. The third kappa shape index (κ3) is 3.96. The van der Waals surface area contributed by atoms with Crippen LogP contribution in [0.25, 0.3) is 5.69 Å². The molecule has 2 aromatic carbocycles. The van der Waals surface area contributed by atoms with Gasteiger partial charge in [0.15, 0.2) is 18.1 Å². The highest BCUT2D eigenvalue weighted by Gasteiger charge is 2.28. The quantitative estimate of drug-likeness (QED) is 0.438. The first-order valence-corrected chi connectivity index (χ1v) is 9.86. The normalized spacial score (nSPS) is 12.5. The molecule has 0 radical (unpaired) electrons. The van der Waals surface area contributed by atoms with Crippen LogP contribution in [0.2, 0.25) is 0 Å². The third-order valence-corrected chi connectivity index (χ3v) is 5.02. The van der Waals surface area contributed by atoms with Crippen LogP contribution in [0.15, 0.2) is 48.5 Å². The highest BCUT2D eigenvalue weighted by Crippen LogP contribution is 2.28. The van der Waals surface area contributed by atoms with Gasteiger partial charge in [-0.1, -0.05) is 0 Å². The van der Waals surface area contributed by atoms with E-state index in [0.29, 0.717) is 30.0 Å². The second kappa shape index (κ2) is 8.49. The second-order valence-corrected chi connectivity index (χ2v) is 6.97.